The lowest BCUT2D eigenvalue weighted by Crippen LogP contribution is -2.28. The second-order valence-corrected chi connectivity index (χ2v) is 2.50. The first kappa shape index (κ1) is 7.05. The fraction of sp³-hybridized carbons (Fsp3) is 0.667. The molecule has 1 rings (SSSR count). The van der Waals surface area contributed by atoms with Crippen molar-refractivity contribution in [3.05, 3.63) is 0 Å². The highest BCUT2D eigenvalue weighted by atomic mass is 16.1. The van der Waals surface area contributed by atoms with Crippen molar-refractivity contribution in [1.82, 2.24) is 0 Å². The second kappa shape index (κ2) is 2.68. The van der Waals surface area contributed by atoms with E-state index in [0.29, 0.717) is 0 Å². The second-order valence-electron chi connectivity index (χ2n) is 2.50. The highest BCUT2D eigenvalue weighted by molar-refractivity contribution is 5.92. The molecule has 0 radical (unpaired) electrons. The zero-order valence-corrected chi connectivity index (χ0v) is 5.71. The number of aliphatic imine (C=N–C) groups is 1. The topological polar surface area (TPSA) is 81.5 Å². The molecule has 1 saturated carbocycles. The normalized spacial score (nSPS) is 17.6. The number of amides is 1. The van der Waals surface area contributed by atoms with Crippen molar-refractivity contribution in [2.24, 2.45) is 22.4 Å². The fourth-order valence-corrected chi connectivity index (χ4v) is 0.874. The summed E-state index contributed by atoms with van der Waals surface area (Å²) in [6.45, 7) is 0. The Kier molecular flexibility index (Phi) is 1.89. The summed E-state index contributed by atoms with van der Waals surface area (Å²) < 4.78 is 0. The Hall–Kier alpha value is -1.06. The summed E-state index contributed by atoms with van der Waals surface area (Å²) in [6.07, 6.45) is 3.00. The predicted molar refractivity (Wildman–Crippen MR) is 38.2 cm³/mol. The van der Waals surface area contributed by atoms with Crippen molar-refractivity contribution >= 4 is 11.9 Å². The molecule has 1 fully saturated rings. The largest absolute Gasteiger partial charge is 0.370 e. The molecule has 0 aromatic rings. The molecule has 56 valence electrons. The van der Waals surface area contributed by atoms with E-state index in [0.717, 1.165) is 19.3 Å². The van der Waals surface area contributed by atoms with Crippen LogP contribution in [-0.2, 0) is 4.79 Å². The SMILES string of the molecule is NC(N)=NC(=O)C1CCC1. The molecule has 4 nitrogen and oxygen atoms in total. The highest BCUT2D eigenvalue weighted by Gasteiger charge is 2.24. The van der Waals surface area contributed by atoms with Gasteiger partial charge in [-0.05, 0) is 12.8 Å². The van der Waals surface area contributed by atoms with E-state index in [2.05, 4.69) is 4.99 Å². The van der Waals surface area contributed by atoms with E-state index in [4.69, 9.17) is 11.5 Å². The zero-order chi connectivity index (χ0) is 7.56. The average Bonchev–Trinajstić information content (AvgIpc) is 1.55. The van der Waals surface area contributed by atoms with Crippen molar-refractivity contribution in [2.45, 2.75) is 19.3 Å². The minimum absolute atomic E-state index is 0.0992. The fourth-order valence-electron chi connectivity index (χ4n) is 0.874. The minimum Gasteiger partial charge on any atom is -0.370 e. The number of nitrogens with zero attached hydrogens (tertiary/aromatic N) is 1. The van der Waals surface area contributed by atoms with E-state index < -0.39 is 0 Å². The van der Waals surface area contributed by atoms with E-state index in [1.54, 1.807) is 0 Å². The molecule has 1 amide bonds. The van der Waals surface area contributed by atoms with Crippen molar-refractivity contribution in [2.75, 3.05) is 0 Å². The van der Waals surface area contributed by atoms with Crippen molar-refractivity contribution in [3.63, 3.8) is 0 Å². The van der Waals surface area contributed by atoms with Crippen LogP contribution in [0.25, 0.3) is 0 Å². The van der Waals surface area contributed by atoms with Crippen LogP contribution in [0.2, 0.25) is 0 Å². The molecule has 1 aliphatic carbocycles. The Morgan fingerprint density at radius 3 is 2.30 bits per heavy atom. The lowest BCUT2D eigenvalue weighted by Gasteiger charge is -2.20. The Balaban J connectivity index is 2.41. The molecule has 0 aliphatic heterocycles. The van der Waals surface area contributed by atoms with E-state index in [1.165, 1.54) is 0 Å². The molecular formula is C6H11N3O. The van der Waals surface area contributed by atoms with Gasteiger partial charge in [-0.2, -0.15) is 4.99 Å². The molecule has 10 heavy (non-hydrogen) atoms. The molecule has 1 aliphatic rings. The molecule has 0 aromatic heterocycles. The van der Waals surface area contributed by atoms with Gasteiger partial charge in [-0.1, -0.05) is 6.42 Å². The third kappa shape index (κ3) is 1.46. The van der Waals surface area contributed by atoms with Crippen LogP contribution in [0, 0.1) is 5.92 Å². The highest BCUT2D eigenvalue weighted by Crippen LogP contribution is 2.27. The molecule has 0 saturated heterocycles. The number of nitrogens with two attached hydrogens (primary N) is 2. The van der Waals surface area contributed by atoms with Crippen LogP contribution >= 0.6 is 0 Å². The maximum atomic E-state index is 10.9. The number of hydrogen-bond donors (Lipinski definition) is 2. The van der Waals surface area contributed by atoms with Gasteiger partial charge in [0.1, 0.15) is 0 Å². The summed E-state index contributed by atoms with van der Waals surface area (Å²) in [5, 5.41) is 0. The van der Waals surface area contributed by atoms with Gasteiger partial charge < -0.3 is 11.5 Å². The van der Waals surface area contributed by atoms with Gasteiger partial charge in [-0.3, -0.25) is 4.79 Å². The van der Waals surface area contributed by atoms with Gasteiger partial charge in [0.25, 0.3) is 5.91 Å². The van der Waals surface area contributed by atoms with Crippen LogP contribution in [0.4, 0.5) is 0 Å². The quantitative estimate of drug-likeness (QED) is 0.384. The summed E-state index contributed by atoms with van der Waals surface area (Å²) in [6, 6.07) is 0. The maximum Gasteiger partial charge on any atom is 0.251 e. The molecular weight excluding hydrogens is 130 g/mol. The van der Waals surface area contributed by atoms with Crippen LogP contribution in [0.5, 0.6) is 0 Å². The molecule has 0 heterocycles. The zero-order valence-electron chi connectivity index (χ0n) is 5.71. The van der Waals surface area contributed by atoms with Gasteiger partial charge in [0.2, 0.25) is 0 Å². The third-order valence-corrected chi connectivity index (χ3v) is 1.69. The van der Waals surface area contributed by atoms with Gasteiger partial charge in [-0.15, -0.1) is 0 Å². The third-order valence-electron chi connectivity index (χ3n) is 1.69. The van der Waals surface area contributed by atoms with E-state index in [-0.39, 0.29) is 17.8 Å². The average molecular weight is 141 g/mol. The minimum atomic E-state index is -0.161. The number of hydrogen-bond acceptors (Lipinski definition) is 1. The lowest BCUT2D eigenvalue weighted by atomic mass is 9.85. The van der Waals surface area contributed by atoms with Crippen LogP contribution in [0.15, 0.2) is 4.99 Å². The monoisotopic (exact) mass is 141 g/mol. The van der Waals surface area contributed by atoms with Crippen LogP contribution in [0.1, 0.15) is 19.3 Å². The Morgan fingerprint density at radius 2 is 2.00 bits per heavy atom. The van der Waals surface area contributed by atoms with Crippen LogP contribution in [0.3, 0.4) is 0 Å². The maximum absolute atomic E-state index is 10.9. The molecule has 0 atom stereocenters. The van der Waals surface area contributed by atoms with Gasteiger partial charge in [-0.25, -0.2) is 0 Å². The first-order valence-electron chi connectivity index (χ1n) is 3.33. The lowest BCUT2D eigenvalue weighted by molar-refractivity contribution is -0.123. The standard InChI is InChI=1S/C6H11N3O/c7-6(8)9-5(10)4-2-1-3-4/h4H,1-3H2,(H4,7,8,9,10). The van der Waals surface area contributed by atoms with Gasteiger partial charge >= 0.3 is 0 Å². The summed E-state index contributed by atoms with van der Waals surface area (Å²) in [5.74, 6) is -0.190. The van der Waals surface area contributed by atoms with E-state index >= 15 is 0 Å². The molecule has 4 heteroatoms. The van der Waals surface area contributed by atoms with Gasteiger partial charge in [0.05, 0.1) is 0 Å². The number of rotatable bonds is 1. The summed E-state index contributed by atoms with van der Waals surface area (Å²) in [5.41, 5.74) is 10.0. The number of guanidine groups is 1. The Morgan fingerprint density at radius 1 is 1.40 bits per heavy atom. The Labute approximate surface area is 59.3 Å². The van der Waals surface area contributed by atoms with Gasteiger partial charge in [0.15, 0.2) is 5.96 Å². The first-order chi connectivity index (χ1) is 4.70. The summed E-state index contributed by atoms with van der Waals surface area (Å²) in [7, 11) is 0. The molecule has 4 N–H and O–H groups in total. The first-order valence-corrected chi connectivity index (χ1v) is 3.33. The number of carbonyl (C=O) groups excluding carboxylic acids is 1. The molecule has 0 aromatic carbocycles. The summed E-state index contributed by atoms with van der Waals surface area (Å²) in [4.78, 5) is 14.3. The number of carbonyl (C=O) groups is 1. The smallest absolute Gasteiger partial charge is 0.251 e. The Bertz CT molecular complexity index is 168. The van der Waals surface area contributed by atoms with E-state index in [9.17, 15) is 4.79 Å². The van der Waals surface area contributed by atoms with Crippen LogP contribution in [-0.4, -0.2) is 11.9 Å². The predicted octanol–water partition coefficient (Wildman–Crippen LogP) is -0.414. The molecule has 0 bridgehead atoms. The van der Waals surface area contributed by atoms with Gasteiger partial charge in [0, 0.05) is 5.92 Å². The molecule has 0 spiro atoms. The van der Waals surface area contributed by atoms with Crippen LogP contribution < -0.4 is 11.5 Å². The summed E-state index contributed by atoms with van der Waals surface area (Å²) >= 11 is 0. The van der Waals surface area contributed by atoms with E-state index in [1.807, 2.05) is 0 Å². The van der Waals surface area contributed by atoms with Crippen molar-refractivity contribution in [1.29, 1.82) is 0 Å². The van der Waals surface area contributed by atoms with Crippen molar-refractivity contribution in [3.8, 4) is 0 Å². The van der Waals surface area contributed by atoms with Crippen molar-refractivity contribution < 1.29 is 4.79 Å². The molecule has 0 unspecified atom stereocenters.